The molecule has 0 spiro atoms. The number of carbonyl (C=O) groups excluding carboxylic acids is 3. The molecule has 0 bridgehead atoms. The molecular weight excluding hydrogens is 294 g/mol. The van der Waals surface area contributed by atoms with Gasteiger partial charge in [-0.05, 0) is 44.0 Å². The summed E-state index contributed by atoms with van der Waals surface area (Å²) in [5.41, 5.74) is 0.596. The van der Waals surface area contributed by atoms with E-state index in [9.17, 15) is 14.4 Å². The average molecular weight is 317 g/mol. The van der Waals surface area contributed by atoms with Gasteiger partial charge in [0, 0.05) is 16.7 Å². The van der Waals surface area contributed by atoms with E-state index in [1.165, 1.54) is 0 Å². The smallest absolute Gasteiger partial charge is 0.309 e. The van der Waals surface area contributed by atoms with E-state index in [2.05, 4.69) is 5.32 Å². The van der Waals surface area contributed by atoms with Crippen LogP contribution in [0.3, 0.4) is 0 Å². The summed E-state index contributed by atoms with van der Waals surface area (Å²) in [7, 11) is 0. The standard InChI is InChI=1S/C18H23NO4/c1-11(23-16(21)13-5-6-13)15(20)12-7-9-14(10-8-12)19-17(22)18(2,3)4/h7-11,13H,5-6H2,1-4H3,(H,19,22)/t11-/m1/s1. The summed E-state index contributed by atoms with van der Waals surface area (Å²) >= 11 is 0. The third-order valence-electron chi connectivity index (χ3n) is 3.68. The van der Waals surface area contributed by atoms with Gasteiger partial charge in [-0.2, -0.15) is 0 Å². The summed E-state index contributed by atoms with van der Waals surface area (Å²) in [4.78, 5) is 35.8. The molecular formula is C18H23NO4. The summed E-state index contributed by atoms with van der Waals surface area (Å²) in [6.07, 6.45) is 0.905. The fourth-order valence-electron chi connectivity index (χ4n) is 1.91. The summed E-state index contributed by atoms with van der Waals surface area (Å²) in [5, 5.41) is 2.80. The third-order valence-corrected chi connectivity index (χ3v) is 3.68. The van der Waals surface area contributed by atoms with Crippen molar-refractivity contribution in [2.75, 3.05) is 5.32 Å². The molecule has 1 aromatic carbocycles. The second kappa shape index (κ2) is 6.52. The lowest BCUT2D eigenvalue weighted by Crippen LogP contribution is -2.27. The molecule has 1 aliphatic carbocycles. The molecule has 5 nitrogen and oxygen atoms in total. The highest BCUT2D eigenvalue weighted by Crippen LogP contribution is 2.30. The summed E-state index contributed by atoms with van der Waals surface area (Å²) in [6, 6.07) is 6.60. The predicted molar refractivity (Wildman–Crippen MR) is 87.1 cm³/mol. The van der Waals surface area contributed by atoms with Gasteiger partial charge in [0.2, 0.25) is 11.7 Å². The van der Waals surface area contributed by atoms with Gasteiger partial charge < -0.3 is 10.1 Å². The SMILES string of the molecule is C[C@@H](OC(=O)C1CC1)C(=O)c1ccc(NC(=O)C(C)(C)C)cc1. The van der Waals surface area contributed by atoms with E-state index < -0.39 is 11.5 Å². The van der Waals surface area contributed by atoms with Crippen LogP contribution in [0.2, 0.25) is 0 Å². The first kappa shape index (κ1) is 17.2. The molecule has 1 aromatic rings. The fourth-order valence-corrected chi connectivity index (χ4v) is 1.91. The Kier molecular flexibility index (Phi) is 4.88. The summed E-state index contributed by atoms with van der Waals surface area (Å²) in [5.74, 6) is -0.656. The highest BCUT2D eigenvalue weighted by atomic mass is 16.5. The van der Waals surface area contributed by atoms with Gasteiger partial charge >= 0.3 is 5.97 Å². The zero-order chi connectivity index (χ0) is 17.2. The molecule has 1 fully saturated rings. The van der Waals surface area contributed by atoms with E-state index in [1.54, 1.807) is 31.2 Å². The van der Waals surface area contributed by atoms with Crippen molar-refractivity contribution < 1.29 is 19.1 Å². The zero-order valence-corrected chi connectivity index (χ0v) is 14.0. The van der Waals surface area contributed by atoms with Gasteiger partial charge in [0.1, 0.15) is 0 Å². The van der Waals surface area contributed by atoms with Crippen LogP contribution in [0.25, 0.3) is 0 Å². The molecule has 124 valence electrons. The number of anilines is 1. The van der Waals surface area contributed by atoms with Crippen LogP contribution in [0.1, 0.15) is 50.9 Å². The molecule has 1 atom stereocenters. The minimum atomic E-state index is -0.793. The Bertz CT molecular complexity index is 609. The van der Waals surface area contributed by atoms with Crippen LogP contribution in [-0.4, -0.2) is 23.8 Å². The van der Waals surface area contributed by atoms with E-state index >= 15 is 0 Å². The zero-order valence-electron chi connectivity index (χ0n) is 14.0. The molecule has 1 N–H and O–H groups in total. The molecule has 0 aliphatic heterocycles. The molecule has 0 saturated heterocycles. The van der Waals surface area contributed by atoms with Crippen LogP contribution >= 0.6 is 0 Å². The first-order valence-electron chi connectivity index (χ1n) is 7.84. The quantitative estimate of drug-likeness (QED) is 0.668. The van der Waals surface area contributed by atoms with Crippen LogP contribution in [0, 0.1) is 11.3 Å². The molecule has 2 rings (SSSR count). The van der Waals surface area contributed by atoms with Gasteiger partial charge in [-0.3, -0.25) is 14.4 Å². The number of carbonyl (C=O) groups is 3. The lowest BCUT2D eigenvalue weighted by atomic mass is 9.95. The highest BCUT2D eigenvalue weighted by Gasteiger charge is 2.33. The molecule has 0 unspecified atom stereocenters. The van der Waals surface area contributed by atoms with Crippen molar-refractivity contribution in [3.8, 4) is 0 Å². The van der Waals surface area contributed by atoms with E-state index in [0.29, 0.717) is 11.3 Å². The van der Waals surface area contributed by atoms with Gasteiger partial charge in [-0.15, -0.1) is 0 Å². The number of ether oxygens (including phenoxy) is 1. The molecule has 0 aromatic heterocycles. The average Bonchev–Trinajstić information content (AvgIpc) is 3.30. The number of rotatable bonds is 5. The maximum atomic E-state index is 12.3. The Morgan fingerprint density at radius 2 is 1.70 bits per heavy atom. The number of nitrogens with one attached hydrogen (secondary N) is 1. The molecule has 1 saturated carbocycles. The van der Waals surface area contributed by atoms with Crippen molar-refractivity contribution in [2.45, 2.75) is 46.6 Å². The minimum absolute atomic E-state index is 0.0276. The van der Waals surface area contributed by atoms with Gasteiger partial charge in [-0.1, -0.05) is 20.8 Å². The van der Waals surface area contributed by atoms with Crippen molar-refractivity contribution >= 4 is 23.3 Å². The lowest BCUT2D eigenvalue weighted by molar-refractivity contribution is -0.147. The molecule has 23 heavy (non-hydrogen) atoms. The minimum Gasteiger partial charge on any atom is -0.454 e. The molecule has 5 heteroatoms. The van der Waals surface area contributed by atoms with Crippen LogP contribution in [0.5, 0.6) is 0 Å². The fraction of sp³-hybridized carbons (Fsp3) is 0.500. The number of benzene rings is 1. The number of hydrogen-bond acceptors (Lipinski definition) is 4. The van der Waals surface area contributed by atoms with Crippen molar-refractivity contribution in [1.82, 2.24) is 0 Å². The van der Waals surface area contributed by atoms with Gasteiger partial charge in [0.05, 0.1) is 5.92 Å². The van der Waals surface area contributed by atoms with Gasteiger partial charge in [0.25, 0.3) is 0 Å². The van der Waals surface area contributed by atoms with Crippen LogP contribution in [0.15, 0.2) is 24.3 Å². The van der Waals surface area contributed by atoms with Crippen LogP contribution in [0.4, 0.5) is 5.69 Å². The number of esters is 1. The summed E-state index contributed by atoms with van der Waals surface area (Å²) < 4.78 is 5.17. The maximum Gasteiger partial charge on any atom is 0.309 e. The molecule has 1 aliphatic rings. The van der Waals surface area contributed by atoms with E-state index in [-0.39, 0.29) is 23.6 Å². The first-order chi connectivity index (χ1) is 10.7. The molecule has 0 heterocycles. The van der Waals surface area contributed by atoms with Crippen molar-refractivity contribution in [1.29, 1.82) is 0 Å². The summed E-state index contributed by atoms with van der Waals surface area (Å²) in [6.45, 7) is 7.07. The Labute approximate surface area is 136 Å². The van der Waals surface area contributed by atoms with Crippen molar-refractivity contribution in [3.05, 3.63) is 29.8 Å². The van der Waals surface area contributed by atoms with E-state index in [0.717, 1.165) is 12.8 Å². The monoisotopic (exact) mass is 317 g/mol. The van der Waals surface area contributed by atoms with Gasteiger partial charge in [-0.25, -0.2) is 0 Å². The number of amides is 1. The highest BCUT2D eigenvalue weighted by molar-refractivity contribution is 6.01. The Morgan fingerprint density at radius 3 is 2.17 bits per heavy atom. The van der Waals surface area contributed by atoms with Gasteiger partial charge in [0.15, 0.2) is 6.10 Å². The second-order valence-electron chi connectivity index (χ2n) is 7.00. The Morgan fingerprint density at radius 1 is 1.13 bits per heavy atom. The lowest BCUT2D eigenvalue weighted by Gasteiger charge is -2.18. The number of hydrogen-bond donors (Lipinski definition) is 1. The number of Topliss-reactive ketones (excluding diaryl/α,β-unsaturated/α-hetero) is 1. The largest absolute Gasteiger partial charge is 0.454 e. The third kappa shape index (κ3) is 4.65. The first-order valence-corrected chi connectivity index (χ1v) is 7.84. The Balaban J connectivity index is 1.96. The number of ketones is 1. The van der Waals surface area contributed by atoms with Crippen LogP contribution < -0.4 is 5.32 Å². The topological polar surface area (TPSA) is 72.5 Å². The molecule has 0 radical (unpaired) electrons. The molecule has 1 amide bonds. The normalized spacial score (nSPS) is 15.7. The van der Waals surface area contributed by atoms with Crippen molar-refractivity contribution in [3.63, 3.8) is 0 Å². The predicted octanol–water partition coefficient (Wildman–Crippen LogP) is 3.20. The van der Waals surface area contributed by atoms with E-state index in [1.807, 2.05) is 20.8 Å². The van der Waals surface area contributed by atoms with E-state index in [4.69, 9.17) is 4.74 Å². The van der Waals surface area contributed by atoms with Crippen LogP contribution in [-0.2, 0) is 14.3 Å². The maximum absolute atomic E-state index is 12.3. The van der Waals surface area contributed by atoms with Crippen molar-refractivity contribution in [2.24, 2.45) is 11.3 Å². The Hall–Kier alpha value is -2.17. The second-order valence-corrected chi connectivity index (χ2v) is 7.00.